The molecule has 0 spiro atoms. The number of carbonyl (C=O) groups excluding carboxylic acids is 1. The number of carbonyl (C=O) groups is 1. The van der Waals surface area contributed by atoms with Crippen molar-refractivity contribution in [1.29, 1.82) is 5.26 Å². The lowest BCUT2D eigenvalue weighted by molar-refractivity contribution is 0.103. The van der Waals surface area contributed by atoms with E-state index in [1.165, 1.54) is 22.9 Å². The molecule has 1 aromatic heterocycles. The minimum absolute atomic E-state index is 0.0969. The molecule has 7 heteroatoms. The number of nitriles is 1. The van der Waals surface area contributed by atoms with Crippen LogP contribution < -0.4 is 5.32 Å². The standard InChI is InChI=1S/C17H16N2O3S2/c1-12(2)24(21,22)16-11-23-10-15(16)19-9-14(8-18)17(20)13-6-4-3-5-7-13/h3-7,9-12,19H,1-2H3/b14-9+. The van der Waals surface area contributed by atoms with Gasteiger partial charge in [-0.1, -0.05) is 30.3 Å². The SMILES string of the molecule is CC(C)S(=O)(=O)c1cscc1N/C=C(\C#N)C(=O)c1ccccc1. The maximum atomic E-state index is 12.3. The highest BCUT2D eigenvalue weighted by Gasteiger charge is 2.23. The average molecular weight is 360 g/mol. The zero-order valence-electron chi connectivity index (χ0n) is 13.2. The third-order valence-electron chi connectivity index (χ3n) is 3.33. The van der Waals surface area contributed by atoms with E-state index in [1.807, 2.05) is 6.07 Å². The van der Waals surface area contributed by atoms with Crippen molar-refractivity contribution in [2.75, 3.05) is 5.32 Å². The fourth-order valence-corrected chi connectivity index (χ4v) is 4.27. The number of allylic oxidation sites excluding steroid dienone is 1. The fraction of sp³-hybridized carbons (Fsp3) is 0.176. The van der Waals surface area contributed by atoms with Crippen LogP contribution in [0.2, 0.25) is 0 Å². The van der Waals surface area contributed by atoms with E-state index >= 15 is 0 Å². The largest absolute Gasteiger partial charge is 0.359 e. The number of Topliss-reactive ketones (excluding diaryl/α,β-unsaturated/α-hetero) is 1. The fourth-order valence-electron chi connectivity index (χ4n) is 1.91. The number of benzene rings is 1. The maximum Gasteiger partial charge on any atom is 0.205 e. The molecule has 1 aromatic carbocycles. The van der Waals surface area contributed by atoms with Crippen molar-refractivity contribution < 1.29 is 13.2 Å². The third-order valence-corrected chi connectivity index (χ3v) is 6.41. The second-order valence-corrected chi connectivity index (χ2v) is 8.47. The Morgan fingerprint density at radius 1 is 1.25 bits per heavy atom. The summed E-state index contributed by atoms with van der Waals surface area (Å²) in [5.74, 6) is -0.422. The highest BCUT2D eigenvalue weighted by molar-refractivity contribution is 7.92. The number of thiophene rings is 1. The van der Waals surface area contributed by atoms with E-state index in [0.717, 1.165) is 0 Å². The molecule has 0 bridgehead atoms. The first-order chi connectivity index (χ1) is 11.4. The minimum Gasteiger partial charge on any atom is -0.359 e. The number of ketones is 1. The molecule has 0 fully saturated rings. The van der Waals surface area contributed by atoms with Crippen molar-refractivity contribution in [2.24, 2.45) is 0 Å². The second kappa shape index (κ2) is 7.43. The Morgan fingerprint density at radius 2 is 1.92 bits per heavy atom. The Morgan fingerprint density at radius 3 is 2.50 bits per heavy atom. The molecule has 0 radical (unpaired) electrons. The Labute approximate surface area is 145 Å². The van der Waals surface area contributed by atoms with Gasteiger partial charge in [-0.25, -0.2) is 8.42 Å². The first-order valence-electron chi connectivity index (χ1n) is 7.14. The van der Waals surface area contributed by atoms with Crippen LogP contribution in [0.4, 0.5) is 5.69 Å². The number of rotatable bonds is 6. The van der Waals surface area contributed by atoms with Crippen LogP contribution in [0, 0.1) is 11.3 Å². The summed E-state index contributed by atoms with van der Waals surface area (Å²) in [6, 6.07) is 10.3. The molecule has 124 valence electrons. The molecule has 0 amide bonds. The summed E-state index contributed by atoms with van der Waals surface area (Å²) in [4.78, 5) is 12.4. The molecule has 2 aromatic rings. The molecule has 0 aliphatic heterocycles. The van der Waals surface area contributed by atoms with E-state index in [-0.39, 0.29) is 10.5 Å². The van der Waals surface area contributed by atoms with Gasteiger partial charge in [-0.05, 0) is 13.8 Å². The van der Waals surface area contributed by atoms with Crippen LogP contribution in [0.5, 0.6) is 0 Å². The van der Waals surface area contributed by atoms with E-state index in [9.17, 15) is 18.5 Å². The number of sulfone groups is 1. The summed E-state index contributed by atoms with van der Waals surface area (Å²) < 4.78 is 24.6. The summed E-state index contributed by atoms with van der Waals surface area (Å²) in [6.45, 7) is 3.21. The summed E-state index contributed by atoms with van der Waals surface area (Å²) in [5.41, 5.74) is 0.662. The van der Waals surface area contributed by atoms with E-state index in [0.29, 0.717) is 11.3 Å². The minimum atomic E-state index is -3.44. The predicted molar refractivity (Wildman–Crippen MR) is 94.7 cm³/mol. The lowest BCUT2D eigenvalue weighted by Gasteiger charge is -2.09. The van der Waals surface area contributed by atoms with Crippen molar-refractivity contribution in [3.8, 4) is 6.07 Å². The summed E-state index contributed by atoms with van der Waals surface area (Å²) >= 11 is 1.24. The van der Waals surface area contributed by atoms with Gasteiger partial charge in [0.2, 0.25) is 5.78 Å². The summed E-state index contributed by atoms with van der Waals surface area (Å²) in [5, 5.41) is 14.6. The number of nitrogens with zero attached hydrogens (tertiary/aromatic N) is 1. The molecule has 1 N–H and O–H groups in total. The smallest absolute Gasteiger partial charge is 0.205 e. The molecular formula is C17H16N2O3S2. The molecule has 0 atom stereocenters. The Bertz CT molecular complexity index is 905. The summed E-state index contributed by atoms with van der Waals surface area (Å²) in [6.07, 6.45) is 1.25. The molecule has 0 aliphatic carbocycles. The van der Waals surface area contributed by atoms with Crippen molar-refractivity contribution in [1.82, 2.24) is 0 Å². The van der Waals surface area contributed by atoms with Crippen molar-refractivity contribution >= 4 is 32.6 Å². The zero-order chi connectivity index (χ0) is 17.7. The molecule has 1 heterocycles. The predicted octanol–water partition coefficient (Wildman–Crippen LogP) is 3.63. The molecule has 0 saturated heterocycles. The highest BCUT2D eigenvalue weighted by atomic mass is 32.2. The van der Waals surface area contributed by atoms with Gasteiger partial charge in [-0.15, -0.1) is 11.3 Å². The topological polar surface area (TPSA) is 87.0 Å². The van der Waals surface area contributed by atoms with Gasteiger partial charge in [-0.2, -0.15) is 5.26 Å². The summed E-state index contributed by atoms with van der Waals surface area (Å²) in [7, 11) is -3.44. The van der Waals surface area contributed by atoms with E-state index < -0.39 is 20.9 Å². The molecule has 5 nitrogen and oxygen atoms in total. The number of hydrogen-bond donors (Lipinski definition) is 1. The average Bonchev–Trinajstić information content (AvgIpc) is 3.05. The van der Waals surface area contributed by atoms with E-state index in [2.05, 4.69) is 5.32 Å². The number of anilines is 1. The second-order valence-electron chi connectivity index (χ2n) is 5.25. The molecular weight excluding hydrogens is 344 g/mol. The number of hydrogen-bond acceptors (Lipinski definition) is 6. The Balaban J connectivity index is 2.29. The zero-order valence-corrected chi connectivity index (χ0v) is 14.8. The molecule has 0 unspecified atom stereocenters. The van der Waals surface area contributed by atoms with Crippen LogP contribution in [-0.2, 0) is 9.84 Å². The first kappa shape index (κ1) is 17.9. The maximum absolute atomic E-state index is 12.3. The first-order valence-corrected chi connectivity index (χ1v) is 9.63. The molecule has 24 heavy (non-hydrogen) atoms. The normalized spacial score (nSPS) is 12.0. The van der Waals surface area contributed by atoms with Crippen molar-refractivity contribution in [2.45, 2.75) is 24.0 Å². The van der Waals surface area contributed by atoms with Gasteiger partial charge < -0.3 is 5.32 Å². The van der Waals surface area contributed by atoms with Gasteiger partial charge in [0.1, 0.15) is 16.5 Å². The Kier molecular flexibility index (Phi) is 5.54. The molecule has 0 saturated carbocycles. The lowest BCUT2D eigenvalue weighted by atomic mass is 10.1. The van der Waals surface area contributed by atoms with Gasteiger partial charge in [0.25, 0.3) is 0 Å². The van der Waals surface area contributed by atoms with Gasteiger partial charge in [0.05, 0.1) is 10.9 Å². The molecule has 0 aliphatic rings. The van der Waals surface area contributed by atoms with Crippen molar-refractivity contribution in [3.63, 3.8) is 0 Å². The van der Waals surface area contributed by atoms with Gasteiger partial charge in [-0.3, -0.25) is 4.79 Å². The number of nitrogens with one attached hydrogen (secondary N) is 1. The van der Waals surface area contributed by atoms with E-state index in [1.54, 1.807) is 49.6 Å². The van der Waals surface area contributed by atoms with Crippen LogP contribution in [0.1, 0.15) is 24.2 Å². The quantitative estimate of drug-likeness (QED) is 0.483. The van der Waals surface area contributed by atoms with Crippen LogP contribution in [0.25, 0.3) is 0 Å². The van der Waals surface area contributed by atoms with Crippen LogP contribution in [0.15, 0.2) is 57.8 Å². The van der Waals surface area contributed by atoms with Gasteiger partial charge in [0, 0.05) is 22.5 Å². The Hall–Kier alpha value is -2.43. The van der Waals surface area contributed by atoms with Crippen LogP contribution >= 0.6 is 11.3 Å². The van der Waals surface area contributed by atoms with Crippen LogP contribution in [0.3, 0.4) is 0 Å². The van der Waals surface area contributed by atoms with Gasteiger partial charge >= 0.3 is 0 Å². The van der Waals surface area contributed by atoms with Crippen LogP contribution in [-0.4, -0.2) is 19.5 Å². The lowest BCUT2D eigenvalue weighted by Crippen LogP contribution is -2.14. The van der Waals surface area contributed by atoms with Crippen molar-refractivity contribution in [3.05, 3.63) is 58.4 Å². The molecule has 2 rings (SSSR count). The highest BCUT2D eigenvalue weighted by Crippen LogP contribution is 2.29. The monoisotopic (exact) mass is 360 g/mol. The van der Waals surface area contributed by atoms with Gasteiger partial charge in [0.15, 0.2) is 9.84 Å². The third kappa shape index (κ3) is 3.72. The van der Waals surface area contributed by atoms with E-state index in [4.69, 9.17) is 0 Å².